The highest BCUT2D eigenvalue weighted by Gasteiger charge is 2.22. The molecule has 2 N–H and O–H groups in total. The Labute approximate surface area is 131 Å². The topological polar surface area (TPSA) is 67.4 Å². The highest BCUT2D eigenvalue weighted by atomic mass is 16.5. The van der Waals surface area contributed by atoms with Gasteiger partial charge in [0, 0.05) is 18.8 Å². The monoisotopic (exact) mass is 304 g/mol. The molecule has 0 bridgehead atoms. The van der Waals surface area contributed by atoms with Gasteiger partial charge in [-0.05, 0) is 29.9 Å². The molecule has 0 saturated carbocycles. The van der Waals surface area contributed by atoms with Crippen LogP contribution in [0.4, 0.5) is 5.69 Å². The lowest BCUT2D eigenvalue weighted by Crippen LogP contribution is -2.39. The highest BCUT2D eigenvalue weighted by molar-refractivity contribution is 6.39. The van der Waals surface area contributed by atoms with Crippen molar-refractivity contribution in [2.45, 2.75) is 45.1 Å². The Balaban J connectivity index is 1.95. The number of hydrogen-bond donors (Lipinski definition) is 2. The average Bonchev–Trinajstić information content (AvgIpc) is 2.97. The SMILES string of the molecule is CC(C)(C)c1ccccc1NC(=O)C(=O)NC[C@@H]1CCCO1. The van der Waals surface area contributed by atoms with E-state index in [1.54, 1.807) is 0 Å². The molecule has 1 aromatic carbocycles. The molecule has 5 heteroatoms. The first kappa shape index (κ1) is 16.5. The normalized spacial score (nSPS) is 18.0. The molecule has 1 aliphatic heterocycles. The van der Waals surface area contributed by atoms with Crippen molar-refractivity contribution in [1.29, 1.82) is 0 Å². The minimum Gasteiger partial charge on any atom is -0.376 e. The van der Waals surface area contributed by atoms with E-state index in [9.17, 15) is 9.59 Å². The Morgan fingerprint density at radius 2 is 1.95 bits per heavy atom. The number of hydrogen-bond acceptors (Lipinski definition) is 3. The zero-order valence-electron chi connectivity index (χ0n) is 13.4. The highest BCUT2D eigenvalue weighted by Crippen LogP contribution is 2.29. The minimum atomic E-state index is -0.644. The van der Waals surface area contributed by atoms with E-state index in [0.717, 1.165) is 25.0 Å². The number of benzene rings is 1. The van der Waals surface area contributed by atoms with Gasteiger partial charge in [-0.3, -0.25) is 9.59 Å². The molecule has 0 radical (unpaired) electrons. The first-order chi connectivity index (χ1) is 10.4. The van der Waals surface area contributed by atoms with Gasteiger partial charge in [0.05, 0.1) is 6.10 Å². The third kappa shape index (κ3) is 4.31. The summed E-state index contributed by atoms with van der Waals surface area (Å²) in [4.78, 5) is 23.9. The Morgan fingerprint density at radius 1 is 1.23 bits per heavy atom. The number of anilines is 1. The van der Waals surface area contributed by atoms with Crippen molar-refractivity contribution in [1.82, 2.24) is 5.32 Å². The number of rotatable bonds is 3. The molecule has 120 valence electrons. The van der Waals surface area contributed by atoms with Gasteiger partial charge in [0.2, 0.25) is 0 Å². The zero-order valence-corrected chi connectivity index (χ0v) is 13.4. The zero-order chi connectivity index (χ0) is 16.2. The number of amides is 2. The van der Waals surface area contributed by atoms with Crippen LogP contribution >= 0.6 is 0 Å². The van der Waals surface area contributed by atoms with Crippen LogP contribution < -0.4 is 10.6 Å². The van der Waals surface area contributed by atoms with E-state index in [-0.39, 0.29) is 11.5 Å². The van der Waals surface area contributed by atoms with Gasteiger partial charge in [-0.1, -0.05) is 39.0 Å². The summed E-state index contributed by atoms with van der Waals surface area (Å²) in [5.41, 5.74) is 1.56. The molecule has 1 fully saturated rings. The molecule has 2 rings (SSSR count). The van der Waals surface area contributed by atoms with Crippen LogP contribution in [0.5, 0.6) is 0 Å². The summed E-state index contributed by atoms with van der Waals surface area (Å²) in [7, 11) is 0. The Morgan fingerprint density at radius 3 is 2.59 bits per heavy atom. The summed E-state index contributed by atoms with van der Waals surface area (Å²) in [6.45, 7) is 7.30. The van der Waals surface area contributed by atoms with Crippen molar-refractivity contribution >= 4 is 17.5 Å². The van der Waals surface area contributed by atoms with Crippen LogP contribution in [0.25, 0.3) is 0 Å². The van der Waals surface area contributed by atoms with Crippen molar-refractivity contribution in [2.24, 2.45) is 0 Å². The van der Waals surface area contributed by atoms with E-state index in [0.29, 0.717) is 12.2 Å². The fraction of sp³-hybridized carbons (Fsp3) is 0.529. The number of nitrogens with one attached hydrogen (secondary N) is 2. The molecule has 0 unspecified atom stereocenters. The lowest BCUT2D eigenvalue weighted by Gasteiger charge is -2.22. The molecule has 1 aromatic rings. The lowest BCUT2D eigenvalue weighted by atomic mass is 9.86. The maximum absolute atomic E-state index is 12.0. The molecule has 0 aromatic heterocycles. The smallest absolute Gasteiger partial charge is 0.313 e. The molecule has 5 nitrogen and oxygen atoms in total. The second-order valence-corrected chi connectivity index (χ2v) is 6.59. The summed E-state index contributed by atoms with van der Waals surface area (Å²) >= 11 is 0. The Hall–Kier alpha value is -1.88. The van der Waals surface area contributed by atoms with E-state index >= 15 is 0 Å². The third-order valence-corrected chi connectivity index (χ3v) is 3.70. The molecule has 1 atom stereocenters. The van der Waals surface area contributed by atoms with Crippen molar-refractivity contribution in [3.63, 3.8) is 0 Å². The number of para-hydroxylation sites is 1. The molecule has 1 saturated heterocycles. The van der Waals surface area contributed by atoms with Crippen LogP contribution in [0.2, 0.25) is 0 Å². The predicted octanol–water partition coefficient (Wildman–Crippen LogP) is 2.22. The Bertz CT molecular complexity index is 543. The van der Waals surface area contributed by atoms with Crippen LogP contribution in [0.15, 0.2) is 24.3 Å². The second-order valence-electron chi connectivity index (χ2n) is 6.59. The van der Waals surface area contributed by atoms with Gasteiger partial charge in [0.1, 0.15) is 0 Å². The van der Waals surface area contributed by atoms with Crippen LogP contribution in [0.3, 0.4) is 0 Å². The molecule has 1 heterocycles. The van der Waals surface area contributed by atoms with Crippen molar-refractivity contribution in [2.75, 3.05) is 18.5 Å². The van der Waals surface area contributed by atoms with Gasteiger partial charge >= 0.3 is 11.8 Å². The summed E-state index contributed by atoms with van der Waals surface area (Å²) in [6, 6.07) is 7.54. The summed E-state index contributed by atoms with van der Waals surface area (Å²) in [5, 5.41) is 5.33. The fourth-order valence-electron chi connectivity index (χ4n) is 2.52. The maximum atomic E-state index is 12.0. The van der Waals surface area contributed by atoms with Gasteiger partial charge in [-0.25, -0.2) is 0 Å². The van der Waals surface area contributed by atoms with Crippen molar-refractivity contribution in [3.05, 3.63) is 29.8 Å². The molecule has 22 heavy (non-hydrogen) atoms. The van der Waals surface area contributed by atoms with Crippen molar-refractivity contribution in [3.8, 4) is 0 Å². The van der Waals surface area contributed by atoms with E-state index < -0.39 is 11.8 Å². The molecule has 0 aliphatic carbocycles. The lowest BCUT2D eigenvalue weighted by molar-refractivity contribution is -0.136. The first-order valence-corrected chi connectivity index (χ1v) is 7.68. The van der Waals surface area contributed by atoms with Gasteiger partial charge < -0.3 is 15.4 Å². The van der Waals surface area contributed by atoms with Gasteiger partial charge in [0.25, 0.3) is 0 Å². The van der Waals surface area contributed by atoms with Gasteiger partial charge in [0.15, 0.2) is 0 Å². The standard InChI is InChI=1S/C17H24N2O3/c1-17(2,3)13-8-4-5-9-14(13)19-16(21)15(20)18-11-12-7-6-10-22-12/h4-5,8-9,12H,6-7,10-11H2,1-3H3,(H,18,20)(H,19,21)/t12-/m0/s1. The fourth-order valence-corrected chi connectivity index (χ4v) is 2.52. The van der Waals surface area contributed by atoms with Gasteiger partial charge in [-0.2, -0.15) is 0 Å². The quantitative estimate of drug-likeness (QED) is 0.841. The van der Waals surface area contributed by atoms with E-state index in [1.807, 2.05) is 24.3 Å². The second kappa shape index (κ2) is 6.92. The third-order valence-electron chi connectivity index (χ3n) is 3.70. The van der Waals surface area contributed by atoms with E-state index in [4.69, 9.17) is 4.74 Å². The average molecular weight is 304 g/mol. The first-order valence-electron chi connectivity index (χ1n) is 7.68. The predicted molar refractivity (Wildman–Crippen MR) is 85.8 cm³/mol. The molecule has 0 spiro atoms. The molecule has 1 aliphatic rings. The number of carbonyl (C=O) groups excluding carboxylic acids is 2. The van der Waals surface area contributed by atoms with E-state index in [2.05, 4.69) is 31.4 Å². The van der Waals surface area contributed by atoms with Crippen LogP contribution in [-0.2, 0) is 19.7 Å². The van der Waals surface area contributed by atoms with Crippen LogP contribution in [-0.4, -0.2) is 31.1 Å². The van der Waals surface area contributed by atoms with Gasteiger partial charge in [-0.15, -0.1) is 0 Å². The van der Waals surface area contributed by atoms with Crippen LogP contribution in [0, 0.1) is 0 Å². The summed E-state index contributed by atoms with van der Waals surface area (Å²) < 4.78 is 5.42. The number of carbonyl (C=O) groups is 2. The molecular formula is C17H24N2O3. The number of ether oxygens (including phenoxy) is 1. The summed E-state index contributed by atoms with van der Waals surface area (Å²) in [5.74, 6) is -1.27. The molecule has 2 amide bonds. The van der Waals surface area contributed by atoms with E-state index in [1.165, 1.54) is 0 Å². The summed E-state index contributed by atoms with van der Waals surface area (Å²) in [6.07, 6.45) is 1.96. The molecular weight excluding hydrogens is 280 g/mol. The maximum Gasteiger partial charge on any atom is 0.313 e. The minimum absolute atomic E-state index is 0.0265. The Kier molecular flexibility index (Phi) is 5.19. The largest absolute Gasteiger partial charge is 0.376 e. The van der Waals surface area contributed by atoms with Crippen LogP contribution in [0.1, 0.15) is 39.2 Å². The van der Waals surface area contributed by atoms with Crippen molar-refractivity contribution < 1.29 is 14.3 Å².